The number of aromatic nitrogens is 1. The van der Waals surface area contributed by atoms with Gasteiger partial charge in [-0.2, -0.15) is 0 Å². The van der Waals surface area contributed by atoms with Gasteiger partial charge in [-0.1, -0.05) is 0 Å². The van der Waals surface area contributed by atoms with Crippen molar-refractivity contribution in [1.29, 1.82) is 0 Å². The van der Waals surface area contributed by atoms with Gasteiger partial charge in [-0.25, -0.2) is 4.98 Å². The number of rotatable bonds is 4. The first kappa shape index (κ1) is 13.2. The Bertz CT molecular complexity index is 485. The maximum atomic E-state index is 10.8. The fourth-order valence-corrected chi connectivity index (χ4v) is 1.79. The van der Waals surface area contributed by atoms with E-state index in [0.29, 0.717) is 6.54 Å². The Balaban J connectivity index is 1.99. The summed E-state index contributed by atoms with van der Waals surface area (Å²) in [6.07, 6.45) is 3.52. The number of anilines is 1. The normalized spacial score (nSPS) is 19.4. The molecule has 2 heterocycles. The van der Waals surface area contributed by atoms with Crippen molar-refractivity contribution in [2.45, 2.75) is 18.9 Å². The van der Waals surface area contributed by atoms with Crippen LogP contribution in [-0.4, -0.2) is 35.1 Å². The molecule has 1 fully saturated rings. The summed E-state index contributed by atoms with van der Waals surface area (Å²) in [7, 11) is 0. The molecule has 1 aromatic heterocycles. The Kier molecular flexibility index (Phi) is 4.24. The van der Waals surface area contributed by atoms with Gasteiger partial charge in [0.25, 0.3) is 0 Å². The number of nitro groups is 1. The van der Waals surface area contributed by atoms with Crippen molar-refractivity contribution in [2.75, 3.05) is 18.5 Å². The van der Waals surface area contributed by atoms with Crippen LogP contribution in [0.3, 0.4) is 0 Å². The average molecular weight is 265 g/mol. The number of hydrogen-bond acceptors (Lipinski definition) is 5. The lowest BCUT2D eigenvalue weighted by Crippen LogP contribution is -2.25. The number of aliphatic imine (C=N–C) groups is 1. The molecule has 0 unspecified atom stereocenters. The number of ether oxygens (including phenoxy) is 1. The van der Waals surface area contributed by atoms with Gasteiger partial charge in [0.15, 0.2) is 5.96 Å². The van der Waals surface area contributed by atoms with Gasteiger partial charge in [-0.05, 0) is 18.9 Å². The molecule has 0 amide bonds. The molecular weight excluding hydrogens is 250 g/mol. The van der Waals surface area contributed by atoms with Gasteiger partial charge in [-0.3, -0.25) is 15.1 Å². The molecule has 0 saturated carbocycles. The van der Waals surface area contributed by atoms with Crippen molar-refractivity contribution in [3.63, 3.8) is 0 Å². The van der Waals surface area contributed by atoms with Crippen LogP contribution < -0.4 is 11.1 Å². The molecule has 1 atom stereocenters. The summed E-state index contributed by atoms with van der Waals surface area (Å²) < 4.78 is 5.40. The summed E-state index contributed by atoms with van der Waals surface area (Å²) in [5.41, 5.74) is 5.53. The van der Waals surface area contributed by atoms with Crippen molar-refractivity contribution in [2.24, 2.45) is 10.7 Å². The third-order valence-electron chi connectivity index (χ3n) is 2.72. The highest BCUT2D eigenvalue weighted by atomic mass is 16.6. The molecule has 0 aliphatic carbocycles. The summed E-state index contributed by atoms with van der Waals surface area (Å²) >= 11 is 0. The van der Waals surface area contributed by atoms with Crippen molar-refractivity contribution in [1.82, 2.24) is 4.98 Å². The summed E-state index contributed by atoms with van der Waals surface area (Å²) in [6, 6.07) is 2.84. The van der Waals surface area contributed by atoms with Crippen LogP contribution >= 0.6 is 0 Å². The quantitative estimate of drug-likeness (QED) is 0.361. The van der Waals surface area contributed by atoms with E-state index in [9.17, 15) is 10.1 Å². The summed E-state index contributed by atoms with van der Waals surface area (Å²) in [4.78, 5) is 18.2. The largest absolute Gasteiger partial charge is 0.376 e. The third-order valence-corrected chi connectivity index (χ3v) is 2.72. The second-order valence-electron chi connectivity index (χ2n) is 4.11. The Hall–Kier alpha value is -2.22. The number of nitrogens with zero attached hydrogens (tertiary/aromatic N) is 3. The first-order valence-electron chi connectivity index (χ1n) is 5.95. The Morgan fingerprint density at radius 3 is 3.26 bits per heavy atom. The van der Waals surface area contributed by atoms with Crippen molar-refractivity contribution in [3.8, 4) is 0 Å². The molecule has 19 heavy (non-hydrogen) atoms. The van der Waals surface area contributed by atoms with Crippen LogP contribution in [0.5, 0.6) is 0 Å². The molecular formula is C11H15N5O3. The molecule has 102 valence electrons. The van der Waals surface area contributed by atoms with E-state index in [1.165, 1.54) is 18.3 Å². The maximum absolute atomic E-state index is 10.8. The average Bonchev–Trinajstić information content (AvgIpc) is 2.90. The highest BCUT2D eigenvalue weighted by Crippen LogP contribution is 2.19. The van der Waals surface area contributed by atoms with E-state index in [2.05, 4.69) is 15.3 Å². The maximum Gasteiger partial charge on any atom is 0.311 e. The van der Waals surface area contributed by atoms with E-state index < -0.39 is 4.92 Å². The zero-order valence-electron chi connectivity index (χ0n) is 10.3. The summed E-state index contributed by atoms with van der Waals surface area (Å²) in [6.45, 7) is 1.19. The van der Waals surface area contributed by atoms with Crippen LogP contribution in [0.1, 0.15) is 12.8 Å². The fraction of sp³-hybridized carbons (Fsp3) is 0.455. The van der Waals surface area contributed by atoms with Crippen molar-refractivity contribution >= 4 is 17.5 Å². The lowest BCUT2D eigenvalue weighted by atomic mass is 10.2. The minimum atomic E-state index is -0.525. The topological polar surface area (TPSA) is 116 Å². The molecule has 3 N–H and O–H groups in total. The predicted octanol–water partition coefficient (Wildman–Crippen LogP) is 0.895. The Morgan fingerprint density at radius 1 is 1.74 bits per heavy atom. The van der Waals surface area contributed by atoms with Gasteiger partial charge in [0.05, 0.1) is 17.6 Å². The smallest absolute Gasteiger partial charge is 0.311 e. The van der Waals surface area contributed by atoms with Gasteiger partial charge in [0.2, 0.25) is 5.82 Å². The fourth-order valence-electron chi connectivity index (χ4n) is 1.79. The zero-order chi connectivity index (χ0) is 13.7. The number of nitrogens with two attached hydrogens (primary N) is 1. The standard InChI is InChI=1S/C11H15N5O3/c12-11(14-7-8-3-2-6-19-8)15-10-9(16(17)18)4-1-5-13-10/h1,4-5,8H,2-3,6-7H2,(H3,12,13,14,15)/t8-/m1/s1. The van der Waals surface area contributed by atoms with Crippen LogP contribution in [0.2, 0.25) is 0 Å². The Morgan fingerprint density at radius 2 is 2.58 bits per heavy atom. The minimum Gasteiger partial charge on any atom is -0.376 e. The molecule has 1 aliphatic rings. The van der Waals surface area contributed by atoms with Crippen LogP contribution in [0, 0.1) is 10.1 Å². The van der Waals surface area contributed by atoms with Crippen LogP contribution in [0.15, 0.2) is 23.3 Å². The minimum absolute atomic E-state index is 0.0825. The van der Waals surface area contributed by atoms with E-state index in [1.807, 2.05) is 0 Å². The second-order valence-corrected chi connectivity index (χ2v) is 4.11. The second kappa shape index (κ2) is 6.10. The summed E-state index contributed by atoms with van der Waals surface area (Å²) in [5, 5.41) is 13.4. The number of nitrogens with one attached hydrogen (secondary N) is 1. The molecule has 1 aliphatic heterocycles. The van der Waals surface area contributed by atoms with Gasteiger partial charge in [0, 0.05) is 18.9 Å². The third kappa shape index (κ3) is 3.62. The Labute approximate surface area is 109 Å². The molecule has 2 rings (SSSR count). The van der Waals surface area contributed by atoms with Gasteiger partial charge >= 0.3 is 5.69 Å². The molecule has 0 radical (unpaired) electrons. The van der Waals surface area contributed by atoms with E-state index in [4.69, 9.17) is 10.5 Å². The lowest BCUT2D eigenvalue weighted by molar-refractivity contribution is -0.384. The zero-order valence-corrected chi connectivity index (χ0v) is 10.3. The molecule has 1 aromatic rings. The van der Waals surface area contributed by atoms with Crippen molar-refractivity contribution < 1.29 is 9.66 Å². The van der Waals surface area contributed by atoms with E-state index in [-0.39, 0.29) is 23.6 Å². The number of hydrogen-bond donors (Lipinski definition) is 2. The SMILES string of the molecule is NC(=NC[C@H]1CCCO1)Nc1ncccc1[N+](=O)[O-]. The molecule has 8 nitrogen and oxygen atoms in total. The van der Waals surface area contributed by atoms with E-state index in [1.54, 1.807) is 0 Å². The first-order chi connectivity index (χ1) is 9.16. The first-order valence-corrected chi connectivity index (χ1v) is 5.95. The van der Waals surface area contributed by atoms with Crippen molar-refractivity contribution in [3.05, 3.63) is 28.4 Å². The molecule has 1 saturated heterocycles. The molecule has 8 heteroatoms. The van der Waals surface area contributed by atoms with Crippen LogP contribution in [0.25, 0.3) is 0 Å². The summed E-state index contributed by atoms with van der Waals surface area (Å²) in [5.74, 6) is 0.179. The van der Waals surface area contributed by atoms with E-state index in [0.717, 1.165) is 19.4 Å². The monoisotopic (exact) mass is 265 g/mol. The lowest BCUT2D eigenvalue weighted by Gasteiger charge is -2.07. The highest BCUT2D eigenvalue weighted by molar-refractivity contribution is 5.93. The van der Waals surface area contributed by atoms with Crippen LogP contribution in [-0.2, 0) is 4.74 Å². The van der Waals surface area contributed by atoms with Crippen LogP contribution in [0.4, 0.5) is 11.5 Å². The molecule has 0 bridgehead atoms. The van der Waals surface area contributed by atoms with Gasteiger partial charge in [-0.15, -0.1) is 0 Å². The van der Waals surface area contributed by atoms with E-state index >= 15 is 0 Å². The highest BCUT2D eigenvalue weighted by Gasteiger charge is 2.16. The molecule has 0 aromatic carbocycles. The van der Waals surface area contributed by atoms with Gasteiger partial charge in [0.1, 0.15) is 0 Å². The molecule has 0 spiro atoms. The number of guanidine groups is 1. The number of pyridine rings is 1. The van der Waals surface area contributed by atoms with Gasteiger partial charge < -0.3 is 15.8 Å². The predicted molar refractivity (Wildman–Crippen MR) is 70.0 cm³/mol.